The van der Waals surface area contributed by atoms with Gasteiger partial charge in [-0.2, -0.15) is 0 Å². The zero-order valence-corrected chi connectivity index (χ0v) is 18.3. The number of rotatable bonds is 8. The Balaban J connectivity index is 1.53. The van der Waals surface area contributed by atoms with Crippen LogP contribution in [-0.4, -0.2) is 58.0 Å². The number of nitrogens with one attached hydrogen (secondary N) is 1. The van der Waals surface area contributed by atoms with E-state index >= 15 is 0 Å². The molecule has 2 heterocycles. The van der Waals surface area contributed by atoms with Crippen LogP contribution in [0.5, 0.6) is 0 Å². The van der Waals surface area contributed by atoms with E-state index in [4.69, 9.17) is 13.9 Å². The Morgan fingerprint density at radius 1 is 1.16 bits per heavy atom. The Hall–Kier alpha value is -3.18. The molecule has 1 aromatic heterocycles. The van der Waals surface area contributed by atoms with E-state index in [1.165, 1.54) is 42.5 Å². The first kappa shape index (κ1) is 23.5. The lowest BCUT2D eigenvalue weighted by molar-refractivity contribution is -0.149. The summed E-state index contributed by atoms with van der Waals surface area (Å²) < 4.78 is 42.2. The van der Waals surface area contributed by atoms with Gasteiger partial charge in [-0.05, 0) is 43.2 Å². The summed E-state index contributed by atoms with van der Waals surface area (Å²) in [5.41, 5.74) is 0.00285. The summed E-state index contributed by atoms with van der Waals surface area (Å²) in [7, 11) is -2.56. The van der Waals surface area contributed by atoms with Crippen molar-refractivity contribution in [3.8, 4) is 0 Å². The molecule has 0 unspecified atom stereocenters. The zero-order chi connectivity index (χ0) is 23.1. The Morgan fingerprint density at radius 3 is 2.56 bits per heavy atom. The number of carbonyl (C=O) groups excluding carboxylic acids is 3. The van der Waals surface area contributed by atoms with Crippen LogP contribution in [0.15, 0.2) is 52.0 Å². The SMILES string of the molecule is COC(=O)C1CCN(C(=O)COC(=O)c2cccc(S(=O)(=O)NCc3ccco3)c2)CC1. The van der Waals surface area contributed by atoms with Gasteiger partial charge in [-0.1, -0.05) is 6.07 Å². The van der Waals surface area contributed by atoms with Gasteiger partial charge in [0.15, 0.2) is 6.61 Å². The number of furan rings is 1. The lowest BCUT2D eigenvalue weighted by atomic mass is 9.97. The van der Waals surface area contributed by atoms with Gasteiger partial charge in [0, 0.05) is 13.1 Å². The van der Waals surface area contributed by atoms with Crippen LogP contribution in [0.2, 0.25) is 0 Å². The molecule has 1 fully saturated rings. The molecule has 1 aliphatic rings. The Bertz CT molecular complexity index is 1060. The molecule has 1 aliphatic heterocycles. The molecule has 1 saturated heterocycles. The van der Waals surface area contributed by atoms with Crippen LogP contribution in [0.1, 0.15) is 29.0 Å². The van der Waals surface area contributed by atoms with E-state index in [9.17, 15) is 22.8 Å². The average molecular weight is 464 g/mol. The van der Waals surface area contributed by atoms with Gasteiger partial charge < -0.3 is 18.8 Å². The minimum absolute atomic E-state index is 0.00285. The number of esters is 2. The third-order valence-corrected chi connectivity index (χ3v) is 6.50. The fourth-order valence-corrected chi connectivity index (χ4v) is 4.32. The van der Waals surface area contributed by atoms with Crippen molar-refractivity contribution in [3.63, 3.8) is 0 Å². The summed E-state index contributed by atoms with van der Waals surface area (Å²) in [4.78, 5) is 37.6. The molecule has 0 radical (unpaired) electrons. The lowest BCUT2D eigenvalue weighted by Crippen LogP contribution is -2.42. The molecule has 172 valence electrons. The van der Waals surface area contributed by atoms with Gasteiger partial charge >= 0.3 is 11.9 Å². The molecule has 3 rings (SSSR count). The molecule has 1 N–H and O–H groups in total. The van der Waals surface area contributed by atoms with E-state index < -0.39 is 22.6 Å². The van der Waals surface area contributed by atoms with Gasteiger partial charge in [-0.15, -0.1) is 0 Å². The second-order valence-corrected chi connectivity index (χ2v) is 8.95. The fourth-order valence-electron chi connectivity index (χ4n) is 3.29. The number of benzene rings is 1. The molecular weight excluding hydrogens is 440 g/mol. The first-order chi connectivity index (χ1) is 15.3. The van der Waals surface area contributed by atoms with Crippen LogP contribution >= 0.6 is 0 Å². The molecule has 0 saturated carbocycles. The van der Waals surface area contributed by atoms with Crippen molar-refractivity contribution in [1.29, 1.82) is 0 Å². The molecule has 32 heavy (non-hydrogen) atoms. The zero-order valence-electron chi connectivity index (χ0n) is 17.5. The van der Waals surface area contributed by atoms with Crippen LogP contribution in [0.4, 0.5) is 0 Å². The summed E-state index contributed by atoms with van der Waals surface area (Å²) in [6.07, 6.45) is 2.40. The lowest BCUT2D eigenvalue weighted by Gasteiger charge is -2.30. The van der Waals surface area contributed by atoms with Crippen molar-refractivity contribution in [2.24, 2.45) is 5.92 Å². The average Bonchev–Trinajstić information content (AvgIpc) is 3.34. The van der Waals surface area contributed by atoms with Gasteiger partial charge in [0.1, 0.15) is 5.76 Å². The topological polar surface area (TPSA) is 132 Å². The summed E-state index contributed by atoms with van der Waals surface area (Å²) in [6, 6.07) is 8.61. The Labute approximate surface area is 185 Å². The summed E-state index contributed by atoms with van der Waals surface area (Å²) in [6.45, 7) is 0.219. The van der Waals surface area contributed by atoms with Crippen molar-refractivity contribution in [1.82, 2.24) is 9.62 Å². The van der Waals surface area contributed by atoms with E-state index in [1.54, 1.807) is 12.1 Å². The number of amides is 1. The first-order valence-corrected chi connectivity index (χ1v) is 11.4. The van der Waals surface area contributed by atoms with Gasteiger partial charge in [0.25, 0.3) is 5.91 Å². The number of piperidine rings is 1. The highest BCUT2D eigenvalue weighted by atomic mass is 32.2. The minimum Gasteiger partial charge on any atom is -0.469 e. The molecule has 0 spiro atoms. The van der Waals surface area contributed by atoms with E-state index in [-0.39, 0.29) is 34.8 Å². The molecule has 2 aromatic rings. The predicted molar refractivity (Wildman–Crippen MR) is 111 cm³/mol. The van der Waals surface area contributed by atoms with E-state index in [1.807, 2.05) is 0 Å². The Morgan fingerprint density at radius 2 is 1.91 bits per heavy atom. The number of likely N-dealkylation sites (tertiary alicyclic amines) is 1. The van der Waals surface area contributed by atoms with Crippen LogP contribution in [0.3, 0.4) is 0 Å². The van der Waals surface area contributed by atoms with E-state index in [0.29, 0.717) is 31.7 Å². The molecule has 0 aliphatic carbocycles. The normalized spacial score (nSPS) is 14.7. The number of nitrogens with zero attached hydrogens (tertiary/aromatic N) is 1. The summed E-state index contributed by atoms with van der Waals surface area (Å²) >= 11 is 0. The van der Waals surface area contributed by atoms with Gasteiger partial charge in [-0.25, -0.2) is 17.9 Å². The van der Waals surface area contributed by atoms with Crippen molar-refractivity contribution in [2.45, 2.75) is 24.3 Å². The highest BCUT2D eigenvalue weighted by Gasteiger charge is 2.28. The maximum Gasteiger partial charge on any atom is 0.338 e. The maximum atomic E-state index is 12.5. The molecule has 11 heteroatoms. The quantitative estimate of drug-likeness (QED) is 0.579. The van der Waals surface area contributed by atoms with Crippen molar-refractivity contribution >= 4 is 27.9 Å². The molecule has 10 nitrogen and oxygen atoms in total. The highest BCUT2D eigenvalue weighted by molar-refractivity contribution is 7.89. The third-order valence-electron chi connectivity index (χ3n) is 5.11. The minimum atomic E-state index is -3.89. The predicted octanol–water partition coefficient (Wildman–Crippen LogP) is 1.33. The van der Waals surface area contributed by atoms with Gasteiger partial charge in [-0.3, -0.25) is 9.59 Å². The standard InChI is InChI=1S/C21H24N2O8S/c1-29-20(25)15-7-9-23(10-8-15)19(24)14-31-21(26)16-4-2-6-18(12-16)32(27,28)22-13-17-5-3-11-30-17/h2-6,11-12,15,22H,7-10,13-14H2,1H3. The number of hydrogen-bond donors (Lipinski definition) is 1. The van der Waals surface area contributed by atoms with Gasteiger partial charge in [0.05, 0.1) is 36.3 Å². The third kappa shape index (κ3) is 5.95. The highest BCUT2D eigenvalue weighted by Crippen LogP contribution is 2.19. The number of sulfonamides is 1. The van der Waals surface area contributed by atoms with Crippen molar-refractivity contribution < 1.29 is 36.7 Å². The van der Waals surface area contributed by atoms with Crippen LogP contribution in [-0.2, 0) is 35.6 Å². The van der Waals surface area contributed by atoms with E-state index in [2.05, 4.69) is 4.72 Å². The fraction of sp³-hybridized carbons (Fsp3) is 0.381. The summed E-state index contributed by atoms with van der Waals surface area (Å²) in [5.74, 6) is -1.29. The monoisotopic (exact) mass is 464 g/mol. The summed E-state index contributed by atoms with van der Waals surface area (Å²) in [5, 5.41) is 0. The molecule has 1 amide bonds. The molecular formula is C21H24N2O8S. The smallest absolute Gasteiger partial charge is 0.338 e. The van der Waals surface area contributed by atoms with E-state index in [0.717, 1.165) is 0 Å². The van der Waals surface area contributed by atoms with Crippen LogP contribution < -0.4 is 4.72 Å². The second-order valence-electron chi connectivity index (χ2n) is 7.19. The van der Waals surface area contributed by atoms with Crippen molar-refractivity contribution in [3.05, 3.63) is 54.0 Å². The Kier molecular flexibility index (Phi) is 7.65. The molecule has 0 atom stereocenters. The number of ether oxygens (including phenoxy) is 2. The first-order valence-electron chi connectivity index (χ1n) is 9.95. The number of hydrogen-bond acceptors (Lipinski definition) is 8. The maximum absolute atomic E-state index is 12.5. The van der Waals surface area contributed by atoms with Crippen LogP contribution in [0.25, 0.3) is 0 Å². The molecule has 0 bridgehead atoms. The molecule has 1 aromatic carbocycles. The largest absolute Gasteiger partial charge is 0.469 e. The van der Waals surface area contributed by atoms with Crippen LogP contribution in [0, 0.1) is 5.92 Å². The van der Waals surface area contributed by atoms with Crippen molar-refractivity contribution in [2.75, 3.05) is 26.8 Å². The number of carbonyl (C=O) groups is 3. The number of methoxy groups -OCH3 is 1. The van der Waals surface area contributed by atoms with Gasteiger partial charge in [0.2, 0.25) is 10.0 Å². The second kappa shape index (κ2) is 10.4.